The van der Waals surface area contributed by atoms with Crippen molar-refractivity contribution in [2.24, 2.45) is 0 Å². The van der Waals surface area contributed by atoms with Crippen molar-refractivity contribution in [2.75, 3.05) is 6.61 Å². The lowest BCUT2D eigenvalue weighted by atomic mass is 10.2. The summed E-state index contributed by atoms with van der Waals surface area (Å²) in [6.07, 6.45) is 1.53. The molecular formula is C14H18O4. The van der Waals surface area contributed by atoms with Gasteiger partial charge in [0.2, 0.25) is 0 Å². The Kier molecular flexibility index (Phi) is 4.20. The second-order valence-electron chi connectivity index (χ2n) is 4.47. The van der Waals surface area contributed by atoms with Crippen LogP contribution in [-0.4, -0.2) is 29.9 Å². The van der Waals surface area contributed by atoms with Crippen LogP contribution in [0.3, 0.4) is 0 Å². The zero-order valence-electron chi connectivity index (χ0n) is 10.5. The van der Waals surface area contributed by atoms with E-state index < -0.39 is 12.1 Å². The first-order chi connectivity index (χ1) is 8.69. The van der Waals surface area contributed by atoms with Gasteiger partial charge < -0.3 is 14.6 Å². The lowest BCUT2D eigenvalue weighted by molar-refractivity contribution is -0.149. The minimum atomic E-state index is -0.884. The fourth-order valence-electron chi connectivity index (χ4n) is 2.02. The molecule has 1 aliphatic rings. The van der Waals surface area contributed by atoms with Crippen molar-refractivity contribution >= 4 is 5.97 Å². The molecule has 1 saturated heterocycles. The average Bonchev–Trinajstić information content (AvgIpc) is 2.86. The van der Waals surface area contributed by atoms with E-state index in [0.29, 0.717) is 13.0 Å². The molecule has 0 spiro atoms. The van der Waals surface area contributed by atoms with Crippen LogP contribution >= 0.6 is 0 Å². The zero-order valence-corrected chi connectivity index (χ0v) is 10.5. The SMILES string of the molecule is CCc1ccc(OCC2CCC(C(=O)O)O2)cc1. The third-order valence-electron chi connectivity index (χ3n) is 3.15. The summed E-state index contributed by atoms with van der Waals surface area (Å²) in [5.74, 6) is -0.0839. The van der Waals surface area contributed by atoms with Gasteiger partial charge in [-0.05, 0) is 37.0 Å². The van der Waals surface area contributed by atoms with Crippen LogP contribution in [0.5, 0.6) is 5.75 Å². The number of rotatable bonds is 5. The normalized spacial score (nSPS) is 22.9. The lowest BCUT2D eigenvalue weighted by Crippen LogP contribution is -2.23. The van der Waals surface area contributed by atoms with Crippen LogP contribution in [-0.2, 0) is 16.0 Å². The van der Waals surface area contributed by atoms with E-state index in [1.807, 2.05) is 24.3 Å². The van der Waals surface area contributed by atoms with E-state index in [0.717, 1.165) is 18.6 Å². The van der Waals surface area contributed by atoms with Gasteiger partial charge in [0.15, 0.2) is 6.10 Å². The van der Waals surface area contributed by atoms with Crippen LogP contribution < -0.4 is 4.74 Å². The summed E-state index contributed by atoms with van der Waals surface area (Å²) in [6, 6.07) is 7.93. The number of benzene rings is 1. The average molecular weight is 250 g/mol. The molecule has 18 heavy (non-hydrogen) atoms. The Morgan fingerprint density at radius 1 is 1.39 bits per heavy atom. The summed E-state index contributed by atoms with van der Waals surface area (Å²) < 4.78 is 11.0. The van der Waals surface area contributed by atoms with Crippen molar-refractivity contribution in [1.29, 1.82) is 0 Å². The van der Waals surface area contributed by atoms with Crippen molar-refractivity contribution < 1.29 is 19.4 Å². The van der Waals surface area contributed by atoms with E-state index in [1.165, 1.54) is 5.56 Å². The van der Waals surface area contributed by atoms with Crippen LogP contribution in [0.1, 0.15) is 25.3 Å². The predicted octanol–water partition coefficient (Wildman–Crippen LogP) is 2.26. The van der Waals surface area contributed by atoms with Gasteiger partial charge in [-0.1, -0.05) is 19.1 Å². The molecule has 1 N–H and O–H groups in total. The summed E-state index contributed by atoms with van der Waals surface area (Å²) in [5.41, 5.74) is 1.27. The Balaban J connectivity index is 1.79. The number of carboxylic acids is 1. The number of aryl methyl sites for hydroxylation is 1. The molecule has 1 fully saturated rings. The molecule has 4 nitrogen and oxygen atoms in total. The monoisotopic (exact) mass is 250 g/mol. The van der Waals surface area contributed by atoms with E-state index in [2.05, 4.69) is 6.92 Å². The highest BCUT2D eigenvalue weighted by atomic mass is 16.6. The molecule has 1 aromatic carbocycles. The van der Waals surface area contributed by atoms with Crippen molar-refractivity contribution in [3.05, 3.63) is 29.8 Å². The summed E-state index contributed by atoms with van der Waals surface area (Å²) in [6.45, 7) is 2.52. The van der Waals surface area contributed by atoms with Gasteiger partial charge in [0.1, 0.15) is 12.4 Å². The highest BCUT2D eigenvalue weighted by Gasteiger charge is 2.30. The van der Waals surface area contributed by atoms with E-state index in [4.69, 9.17) is 14.6 Å². The van der Waals surface area contributed by atoms with E-state index in [1.54, 1.807) is 0 Å². The van der Waals surface area contributed by atoms with Gasteiger partial charge in [0.25, 0.3) is 0 Å². The van der Waals surface area contributed by atoms with Gasteiger partial charge >= 0.3 is 5.97 Å². The Hall–Kier alpha value is -1.55. The first kappa shape index (κ1) is 12.9. The number of aliphatic carboxylic acids is 1. The molecule has 0 aliphatic carbocycles. The Labute approximate surface area is 107 Å². The minimum Gasteiger partial charge on any atom is -0.491 e. The maximum absolute atomic E-state index is 10.7. The Morgan fingerprint density at radius 3 is 2.67 bits per heavy atom. The molecule has 1 heterocycles. The summed E-state index contributed by atoms with van der Waals surface area (Å²) in [4.78, 5) is 10.7. The highest BCUT2D eigenvalue weighted by molar-refractivity contribution is 5.72. The predicted molar refractivity (Wildman–Crippen MR) is 66.8 cm³/mol. The molecule has 2 atom stereocenters. The van der Waals surface area contributed by atoms with Crippen LogP contribution in [0.25, 0.3) is 0 Å². The van der Waals surface area contributed by atoms with Crippen molar-refractivity contribution in [2.45, 2.75) is 38.4 Å². The standard InChI is InChI=1S/C14H18O4/c1-2-10-3-5-11(6-4-10)17-9-12-7-8-13(18-12)14(15)16/h3-6,12-13H,2,7-9H2,1H3,(H,15,16). The van der Waals surface area contributed by atoms with Crippen LogP contribution in [0.4, 0.5) is 0 Å². The fraction of sp³-hybridized carbons (Fsp3) is 0.500. The topological polar surface area (TPSA) is 55.8 Å². The van der Waals surface area contributed by atoms with Gasteiger partial charge in [-0.2, -0.15) is 0 Å². The molecule has 0 amide bonds. The van der Waals surface area contributed by atoms with Crippen LogP contribution in [0.2, 0.25) is 0 Å². The number of carbonyl (C=O) groups is 1. The number of hydrogen-bond donors (Lipinski definition) is 1. The molecule has 2 rings (SSSR count). The third-order valence-corrected chi connectivity index (χ3v) is 3.15. The highest BCUT2D eigenvalue weighted by Crippen LogP contribution is 2.21. The maximum Gasteiger partial charge on any atom is 0.332 e. The molecule has 0 aromatic heterocycles. The van der Waals surface area contributed by atoms with Crippen LogP contribution in [0.15, 0.2) is 24.3 Å². The molecule has 98 valence electrons. The first-order valence-corrected chi connectivity index (χ1v) is 6.29. The Bertz CT molecular complexity index is 399. The van der Waals surface area contributed by atoms with Crippen molar-refractivity contribution in [3.8, 4) is 5.75 Å². The van der Waals surface area contributed by atoms with E-state index >= 15 is 0 Å². The summed E-state index contributed by atoms with van der Waals surface area (Å²) in [5, 5.41) is 8.81. The molecule has 0 saturated carbocycles. The van der Waals surface area contributed by atoms with Crippen molar-refractivity contribution in [3.63, 3.8) is 0 Å². The largest absolute Gasteiger partial charge is 0.491 e. The fourth-order valence-corrected chi connectivity index (χ4v) is 2.02. The third kappa shape index (κ3) is 3.23. The van der Waals surface area contributed by atoms with Crippen LogP contribution in [0, 0.1) is 0 Å². The molecular weight excluding hydrogens is 232 g/mol. The molecule has 2 unspecified atom stereocenters. The van der Waals surface area contributed by atoms with Gasteiger partial charge in [-0.3, -0.25) is 0 Å². The molecule has 1 aliphatic heterocycles. The smallest absolute Gasteiger partial charge is 0.332 e. The maximum atomic E-state index is 10.7. The number of hydrogen-bond acceptors (Lipinski definition) is 3. The zero-order chi connectivity index (χ0) is 13.0. The number of carboxylic acid groups (broad SMARTS) is 1. The second-order valence-corrected chi connectivity index (χ2v) is 4.47. The van der Waals surface area contributed by atoms with E-state index in [-0.39, 0.29) is 6.10 Å². The minimum absolute atomic E-state index is 0.114. The molecule has 4 heteroatoms. The summed E-state index contributed by atoms with van der Waals surface area (Å²) >= 11 is 0. The van der Waals surface area contributed by atoms with Gasteiger partial charge in [0.05, 0.1) is 6.10 Å². The quantitative estimate of drug-likeness (QED) is 0.871. The molecule has 1 aromatic rings. The van der Waals surface area contributed by atoms with Crippen molar-refractivity contribution in [1.82, 2.24) is 0 Å². The lowest BCUT2D eigenvalue weighted by Gasteiger charge is -2.12. The van der Waals surface area contributed by atoms with E-state index in [9.17, 15) is 4.79 Å². The Morgan fingerprint density at radius 2 is 2.11 bits per heavy atom. The second kappa shape index (κ2) is 5.87. The summed E-state index contributed by atoms with van der Waals surface area (Å²) in [7, 11) is 0. The van der Waals surface area contributed by atoms with Gasteiger partial charge in [-0.25, -0.2) is 4.79 Å². The molecule has 0 radical (unpaired) electrons. The van der Waals surface area contributed by atoms with Gasteiger partial charge in [-0.15, -0.1) is 0 Å². The number of ether oxygens (including phenoxy) is 2. The molecule has 0 bridgehead atoms. The first-order valence-electron chi connectivity index (χ1n) is 6.29. The van der Waals surface area contributed by atoms with Gasteiger partial charge in [0, 0.05) is 0 Å².